The van der Waals surface area contributed by atoms with Crippen molar-refractivity contribution >= 4 is 0 Å². The summed E-state index contributed by atoms with van der Waals surface area (Å²) >= 11 is 0. The topological polar surface area (TPSA) is 47.2 Å². The summed E-state index contributed by atoms with van der Waals surface area (Å²) < 4.78 is 13.1. The maximum atomic E-state index is 9.86. The van der Waals surface area contributed by atoms with Crippen LogP contribution in [-0.4, -0.2) is 18.8 Å². The summed E-state index contributed by atoms with van der Waals surface area (Å²) in [6.45, 7) is 0.847. The molecule has 2 aromatic carbocycles. The molecule has 3 aromatic rings. The second-order valence-corrected chi connectivity index (χ2v) is 6.05. The summed E-state index contributed by atoms with van der Waals surface area (Å²) in [6.07, 6.45) is 2.99. The van der Waals surface area contributed by atoms with E-state index >= 15 is 0 Å². The molecule has 0 saturated heterocycles. The van der Waals surface area contributed by atoms with E-state index in [-0.39, 0.29) is 0 Å². The van der Waals surface area contributed by atoms with Crippen molar-refractivity contribution in [3.8, 4) is 40.0 Å². The molecule has 0 unspecified atom stereocenters. The third-order valence-corrected chi connectivity index (χ3v) is 4.76. The molecule has 1 aliphatic heterocycles. The van der Waals surface area contributed by atoms with Gasteiger partial charge in [0, 0.05) is 23.9 Å². The molecule has 1 aliphatic rings. The molecule has 0 bridgehead atoms. The Labute approximate surface area is 146 Å². The molecular formula is C21H18N2O2. The lowest BCUT2D eigenvalue weighted by Crippen LogP contribution is -2.11. The lowest BCUT2D eigenvalue weighted by Gasteiger charge is -2.21. The molecule has 25 heavy (non-hydrogen) atoms. The largest absolute Gasteiger partial charge is 0.493 e. The van der Waals surface area contributed by atoms with Gasteiger partial charge in [-0.3, -0.25) is 0 Å². The van der Waals surface area contributed by atoms with Gasteiger partial charge in [-0.15, -0.1) is 0 Å². The van der Waals surface area contributed by atoms with E-state index in [0.29, 0.717) is 11.3 Å². The molecular weight excluding hydrogens is 312 g/mol. The van der Waals surface area contributed by atoms with Gasteiger partial charge >= 0.3 is 0 Å². The monoisotopic (exact) mass is 330 g/mol. The number of nitriles is 1. The maximum absolute atomic E-state index is 9.86. The Kier molecular flexibility index (Phi) is 3.70. The highest BCUT2D eigenvalue weighted by Gasteiger charge is 2.25. The van der Waals surface area contributed by atoms with E-state index in [2.05, 4.69) is 16.8 Å². The van der Waals surface area contributed by atoms with Gasteiger partial charge in [-0.05, 0) is 29.7 Å². The third-order valence-electron chi connectivity index (χ3n) is 4.76. The van der Waals surface area contributed by atoms with Crippen molar-refractivity contribution in [3.05, 3.63) is 59.8 Å². The Morgan fingerprint density at radius 2 is 1.72 bits per heavy atom. The van der Waals surface area contributed by atoms with E-state index in [1.165, 1.54) is 5.56 Å². The predicted octanol–water partition coefficient (Wildman–Crippen LogP) is 4.27. The zero-order valence-corrected chi connectivity index (χ0v) is 14.2. The van der Waals surface area contributed by atoms with Crippen LogP contribution in [0.5, 0.6) is 11.5 Å². The molecule has 0 aliphatic carbocycles. The van der Waals surface area contributed by atoms with Crippen LogP contribution in [0.25, 0.3) is 22.4 Å². The first-order valence-corrected chi connectivity index (χ1v) is 8.20. The number of benzene rings is 2. The molecule has 0 N–H and O–H groups in total. The van der Waals surface area contributed by atoms with Crippen molar-refractivity contribution in [3.63, 3.8) is 0 Å². The molecule has 0 radical (unpaired) electrons. The fourth-order valence-corrected chi connectivity index (χ4v) is 3.56. The fraction of sp³-hybridized carbons (Fsp3) is 0.190. The number of fused-ring (bicyclic) bond motifs is 3. The van der Waals surface area contributed by atoms with Crippen molar-refractivity contribution in [2.75, 3.05) is 14.2 Å². The highest BCUT2D eigenvalue weighted by molar-refractivity contribution is 5.84. The zero-order valence-electron chi connectivity index (χ0n) is 14.2. The van der Waals surface area contributed by atoms with Crippen LogP contribution in [0.2, 0.25) is 0 Å². The molecule has 0 atom stereocenters. The van der Waals surface area contributed by atoms with Crippen LogP contribution in [-0.2, 0) is 13.0 Å². The summed E-state index contributed by atoms with van der Waals surface area (Å²) in [4.78, 5) is 0. The Balaban J connectivity index is 1.96. The maximum Gasteiger partial charge on any atom is 0.161 e. The minimum atomic E-state index is 0.682. The van der Waals surface area contributed by atoms with Crippen LogP contribution in [0.1, 0.15) is 11.1 Å². The van der Waals surface area contributed by atoms with E-state index < -0.39 is 0 Å². The number of hydrogen-bond acceptors (Lipinski definition) is 3. The Morgan fingerprint density at radius 1 is 1.00 bits per heavy atom. The zero-order chi connectivity index (χ0) is 17.4. The molecule has 0 saturated carbocycles. The van der Waals surface area contributed by atoms with Gasteiger partial charge in [-0.1, -0.05) is 30.3 Å². The summed E-state index contributed by atoms with van der Waals surface area (Å²) in [7, 11) is 3.27. The minimum Gasteiger partial charge on any atom is -0.493 e. The van der Waals surface area contributed by atoms with E-state index in [1.54, 1.807) is 14.2 Å². The molecule has 4 nitrogen and oxygen atoms in total. The first-order valence-electron chi connectivity index (χ1n) is 8.20. The number of rotatable bonds is 3. The molecule has 124 valence electrons. The number of hydrogen-bond donors (Lipinski definition) is 0. The molecule has 4 rings (SSSR count). The summed E-state index contributed by atoms with van der Waals surface area (Å²) in [5.74, 6) is 1.41. The first-order chi connectivity index (χ1) is 12.3. The molecule has 0 spiro atoms. The fourth-order valence-electron chi connectivity index (χ4n) is 3.56. The number of nitrogens with zero attached hydrogens (tertiary/aromatic N) is 2. The lowest BCUT2D eigenvalue weighted by molar-refractivity contribution is 0.354. The molecule has 1 aromatic heterocycles. The van der Waals surface area contributed by atoms with Crippen molar-refractivity contribution in [2.45, 2.75) is 13.0 Å². The molecule has 0 fully saturated rings. The number of methoxy groups -OCH3 is 2. The van der Waals surface area contributed by atoms with Crippen LogP contribution < -0.4 is 9.47 Å². The van der Waals surface area contributed by atoms with Crippen molar-refractivity contribution in [1.82, 2.24) is 4.57 Å². The van der Waals surface area contributed by atoms with Gasteiger partial charge < -0.3 is 14.0 Å². The average molecular weight is 330 g/mol. The van der Waals surface area contributed by atoms with E-state index in [0.717, 1.165) is 41.1 Å². The number of aryl methyl sites for hydroxylation is 2. The highest BCUT2D eigenvalue weighted by atomic mass is 16.5. The Bertz CT molecular complexity index is 981. The van der Waals surface area contributed by atoms with Gasteiger partial charge in [0.2, 0.25) is 0 Å². The summed E-state index contributed by atoms with van der Waals surface area (Å²) in [5, 5.41) is 9.86. The van der Waals surface area contributed by atoms with Gasteiger partial charge in [0.25, 0.3) is 0 Å². The number of ether oxygens (including phenoxy) is 2. The quantitative estimate of drug-likeness (QED) is 0.720. The predicted molar refractivity (Wildman–Crippen MR) is 96.8 cm³/mol. The van der Waals surface area contributed by atoms with Gasteiger partial charge in [0.15, 0.2) is 11.5 Å². The van der Waals surface area contributed by atoms with E-state index in [9.17, 15) is 5.26 Å². The molecule has 2 heterocycles. The van der Waals surface area contributed by atoms with Crippen molar-refractivity contribution in [2.24, 2.45) is 0 Å². The Morgan fingerprint density at radius 3 is 2.40 bits per heavy atom. The van der Waals surface area contributed by atoms with Crippen LogP contribution in [0.3, 0.4) is 0 Å². The SMILES string of the molecule is COc1cc2c(cc1OC)-c1c(C#N)c(-c3ccccc3)cn1CC2. The third kappa shape index (κ3) is 2.36. The Hall–Kier alpha value is -3.19. The van der Waals surface area contributed by atoms with Gasteiger partial charge in [-0.25, -0.2) is 0 Å². The van der Waals surface area contributed by atoms with E-state index in [1.807, 2.05) is 42.5 Å². The van der Waals surface area contributed by atoms with Crippen molar-refractivity contribution in [1.29, 1.82) is 5.26 Å². The minimum absolute atomic E-state index is 0.682. The van der Waals surface area contributed by atoms with Gasteiger partial charge in [-0.2, -0.15) is 5.26 Å². The van der Waals surface area contributed by atoms with Gasteiger partial charge in [0.05, 0.1) is 25.5 Å². The van der Waals surface area contributed by atoms with Gasteiger partial charge in [0.1, 0.15) is 6.07 Å². The molecule has 4 heteroatoms. The highest BCUT2D eigenvalue weighted by Crippen LogP contribution is 2.42. The van der Waals surface area contributed by atoms with Crippen molar-refractivity contribution < 1.29 is 9.47 Å². The molecule has 0 amide bonds. The smallest absolute Gasteiger partial charge is 0.161 e. The summed E-state index contributed by atoms with van der Waals surface area (Å²) in [6, 6.07) is 16.5. The first kappa shape index (κ1) is 15.3. The number of aromatic nitrogens is 1. The van der Waals surface area contributed by atoms with E-state index in [4.69, 9.17) is 9.47 Å². The standard InChI is InChI=1S/C21H18N2O2/c1-24-19-10-15-8-9-23-13-18(14-6-4-3-5-7-14)17(12-22)21(23)16(15)11-20(19)25-2/h3-7,10-11,13H,8-9H2,1-2H3. The lowest BCUT2D eigenvalue weighted by atomic mass is 9.94. The van der Waals surface area contributed by atoms with Crippen LogP contribution in [0, 0.1) is 11.3 Å². The second-order valence-electron chi connectivity index (χ2n) is 6.05. The summed E-state index contributed by atoms with van der Waals surface area (Å²) in [5.41, 5.74) is 5.92. The van der Waals surface area contributed by atoms with Crippen LogP contribution in [0.4, 0.5) is 0 Å². The van der Waals surface area contributed by atoms with Crippen LogP contribution in [0.15, 0.2) is 48.7 Å². The normalized spacial score (nSPS) is 12.0. The van der Waals surface area contributed by atoms with Crippen LogP contribution >= 0.6 is 0 Å². The second kappa shape index (κ2) is 6.03. The average Bonchev–Trinajstić information content (AvgIpc) is 3.06.